The van der Waals surface area contributed by atoms with E-state index in [1.165, 1.54) is 0 Å². The minimum atomic E-state index is -0.518. The summed E-state index contributed by atoms with van der Waals surface area (Å²) in [4.78, 5) is 20.9. The SMILES string of the molecule is COc1ccc2nc(-c3ccccc3C)cc(C(=O)N=C(N)N)c2c1. The zero-order valence-electron chi connectivity index (χ0n) is 14.0. The molecule has 6 nitrogen and oxygen atoms in total. The molecule has 4 N–H and O–H groups in total. The number of carbonyl (C=O) groups excluding carboxylic acids is 1. The highest BCUT2D eigenvalue weighted by Gasteiger charge is 2.15. The smallest absolute Gasteiger partial charge is 0.280 e. The molecule has 25 heavy (non-hydrogen) atoms. The lowest BCUT2D eigenvalue weighted by molar-refractivity contribution is 0.100. The van der Waals surface area contributed by atoms with Gasteiger partial charge in [-0.3, -0.25) is 4.79 Å². The van der Waals surface area contributed by atoms with E-state index in [0.29, 0.717) is 27.9 Å². The number of hydrogen-bond donors (Lipinski definition) is 2. The predicted octanol–water partition coefficient (Wildman–Crippen LogP) is 2.63. The van der Waals surface area contributed by atoms with Crippen LogP contribution in [0.25, 0.3) is 22.2 Å². The van der Waals surface area contributed by atoms with Crippen molar-refractivity contribution in [3.05, 3.63) is 59.7 Å². The molecule has 3 rings (SSSR count). The van der Waals surface area contributed by atoms with Crippen LogP contribution >= 0.6 is 0 Å². The van der Waals surface area contributed by atoms with Gasteiger partial charge >= 0.3 is 0 Å². The van der Waals surface area contributed by atoms with Gasteiger partial charge in [0.2, 0.25) is 0 Å². The summed E-state index contributed by atoms with van der Waals surface area (Å²) in [5.41, 5.74) is 14.5. The topological polar surface area (TPSA) is 104 Å². The van der Waals surface area contributed by atoms with Crippen LogP contribution in [0.4, 0.5) is 0 Å². The summed E-state index contributed by atoms with van der Waals surface area (Å²) < 4.78 is 5.25. The summed E-state index contributed by atoms with van der Waals surface area (Å²) in [6.07, 6.45) is 0. The number of nitrogens with zero attached hydrogens (tertiary/aromatic N) is 2. The first kappa shape index (κ1) is 16.4. The highest BCUT2D eigenvalue weighted by atomic mass is 16.5. The summed E-state index contributed by atoms with van der Waals surface area (Å²) in [5, 5.41) is 0.631. The van der Waals surface area contributed by atoms with Gasteiger partial charge in [0, 0.05) is 10.9 Å². The second-order valence-corrected chi connectivity index (χ2v) is 5.59. The van der Waals surface area contributed by atoms with Crippen molar-refractivity contribution in [2.75, 3.05) is 7.11 Å². The van der Waals surface area contributed by atoms with Crippen molar-refractivity contribution in [2.45, 2.75) is 6.92 Å². The molecule has 2 aromatic carbocycles. The highest BCUT2D eigenvalue weighted by molar-refractivity contribution is 6.11. The molecule has 0 saturated heterocycles. The first-order valence-corrected chi connectivity index (χ1v) is 7.68. The largest absolute Gasteiger partial charge is 0.497 e. The molecule has 1 amide bonds. The molecule has 0 aliphatic carbocycles. The number of aryl methyl sites for hydroxylation is 1. The van der Waals surface area contributed by atoms with E-state index in [-0.39, 0.29) is 5.96 Å². The molecule has 3 aromatic rings. The molecule has 1 heterocycles. The van der Waals surface area contributed by atoms with Gasteiger partial charge in [0.1, 0.15) is 5.75 Å². The van der Waals surface area contributed by atoms with E-state index >= 15 is 0 Å². The minimum absolute atomic E-state index is 0.282. The normalized spacial score (nSPS) is 10.5. The number of aliphatic imine (C=N–C) groups is 1. The van der Waals surface area contributed by atoms with Gasteiger partial charge in [-0.2, -0.15) is 4.99 Å². The Kier molecular flexibility index (Phi) is 4.35. The Balaban J connectivity index is 2.30. The fraction of sp³-hybridized carbons (Fsp3) is 0.105. The number of nitrogens with two attached hydrogens (primary N) is 2. The average Bonchev–Trinajstić information content (AvgIpc) is 2.60. The van der Waals surface area contributed by atoms with Gasteiger partial charge in [0.15, 0.2) is 5.96 Å². The van der Waals surface area contributed by atoms with Crippen LogP contribution in [0.15, 0.2) is 53.5 Å². The summed E-state index contributed by atoms with van der Waals surface area (Å²) in [6.45, 7) is 1.99. The molecule has 1 aromatic heterocycles. The summed E-state index contributed by atoms with van der Waals surface area (Å²) >= 11 is 0. The van der Waals surface area contributed by atoms with Crippen LogP contribution in [0.1, 0.15) is 15.9 Å². The monoisotopic (exact) mass is 334 g/mol. The van der Waals surface area contributed by atoms with Crippen LogP contribution in [0.2, 0.25) is 0 Å². The van der Waals surface area contributed by atoms with Crippen LogP contribution in [0, 0.1) is 6.92 Å². The first-order chi connectivity index (χ1) is 12.0. The second kappa shape index (κ2) is 6.60. The standard InChI is InChI=1S/C19H18N4O2/c1-11-5-3-4-6-13(11)17-10-15(18(24)23-19(20)21)14-9-12(25-2)7-8-16(14)22-17/h3-10H,1-2H3,(H4,20,21,23,24). The van der Waals surface area contributed by atoms with Crippen molar-refractivity contribution < 1.29 is 9.53 Å². The molecule has 0 fully saturated rings. The van der Waals surface area contributed by atoms with Crippen LogP contribution in [-0.4, -0.2) is 24.0 Å². The quantitative estimate of drug-likeness (QED) is 0.566. The van der Waals surface area contributed by atoms with Crippen LogP contribution in [0.5, 0.6) is 5.75 Å². The minimum Gasteiger partial charge on any atom is -0.497 e. The number of fused-ring (bicyclic) bond motifs is 1. The van der Waals surface area contributed by atoms with Crippen molar-refractivity contribution >= 4 is 22.8 Å². The van der Waals surface area contributed by atoms with E-state index < -0.39 is 5.91 Å². The zero-order valence-corrected chi connectivity index (χ0v) is 14.0. The van der Waals surface area contributed by atoms with E-state index in [9.17, 15) is 4.79 Å². The number of hydrogen-bond acceptors (Lipinski definition) is 3. The maximum atomic E-state index is 12.5. The molecular formula is C19H18N4O2. The molecule has 0 bridgehead atoms. The lowest BCUT2D eigenvalue weighted by Crippen LogP contribution is -2.24. The average molecular weight is 334 g/mol. The number of rotatable bonds is 3. The molecule has 0 spiro atoms. The van der Waals surface area contributed by atoms with E-state index in [4.69, 9.17) is 16.2 Å². The van der Waals surface area contributed by atoms with Gasteiger partial charge in [-0.05, 0) is 36.8 Å². The van der Waals surface area contributed by atoms with Crippen molar-refractivity contribution in [2.24, 2.45) is 16.5 Å². The number of amides is 1. The van der Waals surface area contributed by atoms with Gasteiger partial charge in [-0.1, -0.05) is 24.3 Å². The van der Waals surface area contributed by atoms with Gasteiger partial charge in [0.05, 0.1) is 23.9 Å². The molecule has 0 aliphatic rings. The Morgan fingerprint density at radius 1 is 1.12 bits per heavy atom. The fourth-order valence-corrected chi connectivity index (χ4v) is 2.68. The molecule has 0 unspecified atom stereocenters. The third-order valence-corrected chi connectivity index (χ3v) is 3.90. The lowest BCUT2D eigenvalue weighted by atomic mass is 10.0. The lowest BCUT2D eigenvalue weighted by Gasteiger charge is -2.11. The van der Waals surface area contributed by atoms with Gasteiger partial charge in [0.25, 0.3) is 5.91 Å². The first-order valence-electron chi connectivity index (χ1n) is 7.68. The molecule has 126 valence electrons. The number of methoxy groups -OCH3 is 1. The molecule has 0 atom stereocenters. The van der Waals surface area contributed by atoms with Gasteiger partial charge < -0.3 is 16.2 Å². The van der Waals surface area contributed by atoms with Crippen LogP contribution in [-0.2, 0) is 0 Å². The van der Waals surface area contributed by atoms with E-state index in [2.05, 4.69) is 9.98 Å². The Morgan fingerprint density at radius 2 is 1.88 bits per heavy atom. The van der Waals surface area contributed by atoms with Crippen molar-refractivity contribution in [3.8, 4) is 17.0 Å². The second-order valence-electron chi connectivity index (χ2n) is 5.59. The van der Waals surface area contributed by atoms with Gasteiger partial charge in [-0.15, -0.1) is 0 Å². The van der Waals surface area contributed by atoms with E-state index in [1.54, 1.807) is 25.3 Å². The van der Waals surface area contributed by atoms with Crippen molar-refractivity contribution in [3.63, 3.8) is 0 Å². The molecule has 0 radical (unpaired) electrons. The summed E-state index contributed by atoms with van der Waals surface area (Å²) in [6, 6.07) is 14.9. The maximum Gasteiger partial charge on any atom is 0.280 e. The maximum absolute atomic E-state index is 12.5. The van der Waals surface area contributed by atoms with E-state index in [0.717, 1.165) is 11.1 Å². The number of ether oxygens (including phenoxy) is 1. The molecule has 6 heteroatoms. The Hall–Kier alpha value is -3.41. The van der Waals surface area contributed by atoms with Crippen LogP contribution in [0.3, 0.4) is 0 Å². The van der Waals surface area contributed by atoms with Crippen molar-refractivity contribution in [1.29, 1.82) is 0 Å². The summed E-state index contributed by atoms with van der Waals surface area (Å²) in [7, 11) is 1.56. The Labute approximate surface area is 145 Å². The zero-order chi connectivity index (χ0) is 18.0. The molecule has 0 aliphatic heterocycles. The Morgan fingerprint density at radius 3 is 2.56 bits per heavy atom. The Bertz CT molecular complexity index is 992. The number of carbonyl (C=O) groups is 1. The van der Waals surface area contributed by atoms with Gasteiger partial charge in [-0.25, -0.2) is 4.98 Å². The third kappa shape index (κ3) is 3.28. The third-order valence-electron chi connectivity index (χ3n) is 3.90. The fourth-order valence-electron chi connectivity index (χ4n) is 2.68. The van der Waals surface area contributed by atoms with E-state index in [1.807, 2.05) is 37.3 Å². The summed E-state index contributed by atoms with van der Waals surface area (Å²) in [5.74, 6) is -0.178. The number of guanidine groups is 1. The highest BCUT2D eigenvalue weighted by Crippen LogP contribution is 2.29. The van der Waals surface area contributed by atoms with Crippen molar-refractivity contribution in [1.82, 2.24) is 4.98 Å². The molecule has 0 saturated carbocycles. The molecular weight excluding hydrogens is 316 g/mol. The number of benzene rings is 2. The number of aromatic nitrogens is 1. The van der Waals surface area contributed by atoms with Crippen LogP contribution < -0.4 is 16.2 Å². The number of pyridine rings is 1. The predicted molar refractivity (Wildman–Crippen MR) is 98.6 cm³/mol.